The number of hydrogen-bond acceptors (Lipinski definition) is 4. The summed E-state index contributed by atoms with van der Waals surface area (Å²) in [5.41, 5.74) is 0. The number of aromatic nitrogens is 2. The first-order valence-corrected chi connectivity index (χ1v) is 4.12. The fraction of sp³-hybridized carbons (Fsp3) is 0.571. The van der Waals surface area contributed by atoms with E-state index in [0.717, 1.165) is 19.3 Å². The Morgan fingerprint density at radius 1 is 1.62 bits per heavy atom. The quantitative estimate of drug-likeness (QED) is 0.655. The maximum Gasteiger partial charge on any atom is 0.439 e. The van der Waals surface area contributed by atoms with Crippen LogP contribution in [0.4, 0.5) is 0 Å². The summed E-state index contributed by atoms with van der Waals surface area (Å²) < 4.78 is 4.20. The molecule has 0 aliphatic heterocycles. The summed E-state index contributed by atoms with van der Waals surface area (Å²) in [5, 5.41) is 5.99. The Labute approximate surface area is 73.3 Å². The molecular formula is C7H9N3O3. The van der Waals surface area contributed by atoms with E-state index in [1.165, 1.54) is 0 Å². The van der Waals surface area contributed by atoms with Crippen molar-refractivity contribution in [3.05, 3.63) is 16.4 Å². The van der Waals surface area contributed by atoms with Crippen LogP contribution in [-0.4, -0.2) is 22.1 Å². The van der Waals surface area contributed by atoms with E-state index in [1.807, 2.05) is 0 Å². The highest BCUT2D eigenvalue weighted by atomic mass is 16.5. The van der Waals surface area contributed by atoms with Gasteiger partial charge in [0.1, 0.15) is 0 Å². The van der Waals surface area contributed by atoms with E-state index in [0.29, 0.717) is 0 Å². The molecule has 0 unspecified atom stereocenters. The van der Waals surface area contributed by atoms with Crippen molar-refractivity contribution < 1.29 is 9.32 Å². The molecule has 0 radical (unpaired) electrons. The number of carbonyl (C=O) groups is 1. The number of carbonyl (C=O) groups excluding carboxylic acids is 1. The van der Waals surface area contributed by atoms with Crippen LogP contribution in [0.5, 0.6) is 0 Å². The SMILES string of the molecule is O=C(NC1CCC1)c1noc(=O)[nH]1. The Hall–Kier alpha value is -1.59. The van der Waals surface area contributed by atoms with Crippen LogP contribution in [0.25, 0.3) is 0 Å². The van der Waals surface area contributed by atoms with Crippen molar-refractivity contribution in [1.29, 1.82) is 0 Å². The Morgan fingerprint density at radius 3 is 2.85 bits per heavy atom. The number of H-pyrrole nitrogens is 1. The molecule has 1 heterocycles. The summed E-state index contributed by atoms with van der Waals surface area (Å²) in [6.45, 7) is 0. The first-order chi connectivity index (χ1) is 6.25. The van der Waals surface area contributed by atoms with E-state index in [2.05, 4.69) is 20.0 Å². The van der Waals surface area contributed by atoms with E-state index in [-0.39, 0.29) is 17.8 Å². The second-order valence-corrected chi connectivity index (χ2v) is 3.04. The molecule has 70 valence electrons. The molecule has 13 heavy (non-hydrogen) atoms. The van der Waals surface area contributed by atoms with Gasteiger partial charge >= 0.3 is 5.76 Å². The van der Waals surface area contributed by atoms with Crippen LogP contribution in [0.15, 0.2) is 9.32 Å². The van der Waals surface area contributed by atoms with Crippen LogP contribution in [0.2, 0.25) is 0 Å². The molecule has 1 aliphatic rings. The third-order valence-electron chi connectivity index (χ3n) is 2.10. The Balaban J connectivity index is 2.00. The number of nitrogens with one attached hydrogen (secondary N) is 2. The molecule has 2 rings (SSSR count). The molecule has 1 aromatic rings. The van der Waals surface area contributed by atoms with Crippen molar-refractivity contribution >= 4 is 5.91 Å². The van der Waals surface area contributed by atoms with Crippen LogP contribution < -0.4 is 11.1 Å². The van der Waals surface area contributed by atoms with Crippen molar-refractivity contribution in [3.63, 3.8) is 0 Å². The van der Waals surface area contributed by atoms with Gasteiger partial charge in [0.05, 0.1) is 0 Å². The number of hydrogen-bond donors (Lipinski definition) is 2. The Kier molecular flexibility index (Phi) is 1.88. The van der Waals surface area contributed by atoms with Gasteiger partial charge in [-0.1, -0.05) is 0 Å². The van der Waals surface area contributed by atoms with E-state index in [9.17, 15) is 9.59 Å². The molecule has 0 saturated heterocycles. The fourth-order valence-electron chi connectivity index (χ4n) is 1.13. The zero-order valence-corrected chi connectivity index (χ0v) is 6.87. The Morgan fingerprint density at radius 2 is 2.38 bits per heavy atom. The van der Waals surface area contributed by atoms with Crippen LogP contribution in [0.3, 0.4) is 0 Å². The van der Waals surface area contributed by atoms with Crippen LogP contribution in [0, 0.1) is 0 Å². The van der Waals surface area contributed by atoms with Crippen molar-refractivity contribution in [1.82, 2.24) is 15.5 Å². The molecule has 1 saturated carbocycles. The second-order valence-electron chi connectivity index (χ2n) is 3.04. The minimum absolute atomic E-state index is 0.0584. The van der Waals surface area contributed by atoms with Gasteiger partial charge in [-0.05, 0) is 24.4 Å². The van der Waals surface area contributed by atoms with Gasteiger partial charge in [0.25, 0.3) is 5.91 Å². The zero-order chi connectivity index (χ0) is 9.26. The van der Waals surface area contributed by atoms with Gasteiger partial charge in [0.15, 0.2) is 0 Å². The smallest absolute Gasteiger partial charge is 0.347 e. The Bertz CT molecular complexity index is 363. The largest absolute Gasteiger partial charge is 0.439 e. The molecule has 6 nitrogen and oxygen atoms in total. The maximum atomic E-state index is 11.3. The van der Waals surface area contributed by atoms with Gasteiger partial charge < -0.3 is 5.32 Å². The normalized spacial score (nSPS) is 16.6. The minimum Gasteiger partial charge on any atom is -0.347 e. The predicted molar refractivity (Wildman–Crippen MR) is 42.2 cm³/mol. The molecule has 1 amide bonds. The summed E-state index contributed by atoms with van der Waals surface area (Å²) in [6.07, 6.45) is 3.13. The lowest BCUT2D eigenvalue weighted by molar-refractivity contribution is 0.0903. The van der Waals surface area contributed by atoms with Crippen LogP contribution in [0.1, 0.15) is 29.9 Å². The van der Waals surface area contributed by atoms with E-state index < -0.39 is 5.76 Å². The lowest BCUT2D eigenvalue weighted by Crippen LogP contribution is -2.40. The first kappa shape index (κ1) is 8.03. The molecular weight excluding hydrogens is 174 g/mol. The van der Waals surface area contributed by atoms with E-state index in [1.54, 1.807) is 0 Å². The summed E-state index contributed by atoms with van der Waals surface area (Å²) >= 11 is 0. The van der Waals surface area contributed by atoms with Crippen molar-refractivity contribution in [2.75, 3.05) is 0 Å². The summed E-state index contributed by atoms with van der Waals surface area (Å²) in [7, 11) is 0. The first-order valence-electron chi connectivity index (χ1n) is 4.12. The molecule has 6 heteroatoms. The molecule has 1 aromatic heterocycles. The monoisotopic (exact) mass is 183 g/mol. The highest BCUT2D eigenvalue weighted by Gasteiger charge is 2.21. The predicted octanol–water partition coefficient (Wildman–Crippen LogP) is -0.355. The van der Waals surface area contributed by atoms with E-state index >= 15 is 0 Å². The summed E-state index contributed by atoms with van der Waals surface area (Å²) in [6, 6.07) is 0.229. The van der Waals surface area contributed by atoms with Gasteiger partial charge in [-0.3, -0.25) is 14.3 Å². The van der Waals surface area contributed by atoms with Crippen LogP contribution in [-0.2, 0) is 0 Å². The molecule has 1 aliphatic carbocycles. The standard InChI is InChI=1S/C7H9N3O3/c11-6(8-4-2-1-3-4)5-9-7(12)13-10-5/h4H,1-3H2,(H,8,11)(H,9,10,12). The number of amides is 1. The van der Waals surface area contributed by atoms with Crippen molar-refractivity contribution in [3.8, 4) is 0 Å². The van der Waals surface area contributed by atoms with Crippen molar-refractivity contribution in [2.24, 2.45) is 0 Å². The molecule has 0 aromatic carbocycles. The van der Waals surface area contributed by atoms with Gasteiger partial charge in [0, 0.05) is 6.04 Å². The lowest BCUT2D eigenvalue weighted by Gasteiger charge is -2.25. The molecule has 0 spiro atoms. The lowest BCUT2D eigenvalue weighted by atomic mass is 9.93. The topological polar surface area (TPSA) is 88.0 Å². The number of nitrogens with zero attached hydrogens (tertiary/aromatic N) is 1. The van der Waals surface area contributed by atoms with Crippen molar-refractivity contribution in [2.45, 2.75) is 25.3 Å². The summed E-state index contributed by atoms with van der Waals surface area (Å²) in [4.78, 5) is 23.9. The van der Waals surface area contributed by atoms with Gasteiger partial charge in [-0.15, -0.1) is 0 Å². The van der Waals surface area contributed by atoms with Gasteiger partial charge in [-0.25, -0.2) is 4.79 Å². The number of rotatable bonds is 2. The summed E-state index contributed by atoms with van der Waals surface area (Å²) in [5.74, 6) is -1.15. The third-order valence-corrected chi connectivity index (χ3v) is 2.10. The average Bonchev–Trinajstić information content (AvgIpc) is 2.44. The molecule has 2 N–H and O–H groups in total. The zero-order valence-electron chi connectivity index (χ0n) is 6.87. The minimum atomic E-state index is -0.709. The highest BCUT2D eigenvalue weighted by molar-refractivity contribution is 5.90. The van der Waals surface area contributed by atoms with Gasteiger partial charge in [-0.2, -0.15) is 0 Å². The third kappa shape index (κ3) is 1.61. The molecule has 0 bridgehead atoms. The second kappa shape index (κ2) is 3.04. The van der Waals surface area contributed by atoms with E-state index in [4.69, 9.17) is 0 Å². The average molecular weight is 183 g/mol. The molecule has 0 atom stereocenters. The van der Waals surface area contributed by atoms with Gasteiger partial charge in [0.2, 0.25) is 5.82 Å². The highest BCUT2D eigenvalue weighted by Crippen LogP contribution is 2.17. The maximum absolute atomic E-state index is 11.3. The van der Waals surface area contributed by atoms with Crippen LogP contribution >= 0.6 is 0 Å². The molecule has 1 fully saturated rings. The number of aromatic amines is 1. The fourth-order valence-corrected chi connectivity index (χ4v) is 1.13.